The highest BCUT2D eigenvalue weighted by molar-refractivity contribution is 6.02. The minimum Gasteiger partial charge on any atom is -0.484 e. The molecule has 1 aromatic carbocycles. The van der Waals surface area contributed by atoms with Crippen molar-refractivity contribution in [3.8, 4) is 11.5 Å². The first kappa shape index (κ1) is 19.6. The van der Waals surface area contributed by atoms with Gasteiger partial charge in [-0.2, -0.15) is 26.3 Å². The highest BCUT2D eigenvalue weighted by Crippen LogP contribution is 2.33. The van der Waals surface area contributed by atoms with Crippen LogP contribution >= 0.6 is 0 Å². The maximum Gasteiger partial charge on any atom is 0.422 e. The summed E-state index contributed by atoms with van der Waals surface area (Å²) in [5.41, 5.74) is 0.211. The summed E-state index contributed by atoms with van der Waals surface area (Å²) in [6.07, 6.45) is -6.19. The van der Waals surface area contributed by atoms with E-state index in [2.05, 4.69) is 4.99 Å². The van der Waals surface area contributed by atoms with Gasteiger partial charge in [0.05, 0.1) is 18.2 Å². The minimum absolute atomic E-state index is 0.0864. The molecule has 0 amide bonds. The average Bonchev–Trinajstić information content (AvgIpc) is 3.01. The van der Waals surface area contributed by atoms with Gasteiger partial charge >= 0.3 is 12.4 Å². The van der Waals surface area contributed by atoms with E-state index in [9.17, 15) is 26.3 Å². The highest BCUT2D eigenvalue weighted by atomic mass is 19.4. The molecule has 3 rings (SSSR count). The van der Waals surface area contributed by atoms with Crippen LogP contribution in [0.2, 0.25) is 0 Å². The molecule has 1 aromatic rings. The van der Waals surface area contributed by atoms with Gasteiger partial charge in [-0.1, -0.05) is 0 Å². The lowest BCUT2D eigenvalue weighted by Crippen LogP contribution is -2.40. The fourth-order valence-electron chi connectivity index (χ4n) is 3.22. The lowest BCUT2D eigenvalue weighted by atomic mass is 10.0. The predicted octanol–water partition coefficient (Wildman–Crippen LogP) is 4.18. The third-order valence-corrected chi connectivity index (χ3v) is 4.34. The SMILES string of the molecule is FC(F)(F)COc1ccc(OCC(F)(F)F)c(C2=NC[C@H]3CCCCN23)c1. The van der Waals surface area contributed by atoms with Crippen LogP contribution in [0.25, 0.3) is 0 Å². The third kappa shape index (κ3) is 5.20. The van der Waals surface area contributed by atoms with Crippen molar-refractivity contribution in [2.75, 3.05) is 26.3 Å². The average molecular weight is 396 g/mol. The summed E-state index contributed by atoms with van der Waals surface area (Å²) in [5, 5.41) is 0. The molecule has 0 aliphatic carbocycles. The molecule has 1 saturated heterocycles. The molecule has 0 bridgehead atoms. The molecule has 0 spiro atoms. The van der Waals surface area contributed by atoms with E-state index < -0.39 is 25.6 Å². The first-order valence-electron chi connectivity index (χ1n) is 8.47. The number of hydrogen-bond acceptors (Lipinski definition) is 4. The second kappa shape index (κ2) is 7.47. The molecule has 0 N–H and O–H groups in total. The van der Waals surface area contributed by atoms with E-state index in [-0.39, 0.29) is 23.1 Å². The fraction of sp³-hybridized carbons (Fsp3) is 0.588. The van der Waals surface area contributed by atoms with E-state index in [1.807, 2.05) is 4.90 Å². The van der Waals surface area contributed by atoms with Crippen LogP contribution in [0, 0.1) is 0 Å². The van der Waals surface area contributed by atoms with Crippen LogP contribution in [0.4, 0.5) is 26.3 Å². The Bertz CT molecular complexity index is 702. The summed E-state index contributed by atoms with van der Waals surface area (Å²) in [5.74, 6) is 0.246. The Morgan fingerprint density at radius 1 is 1.00 bits per heavy atom. The van der Waals surface area contributed by atoms with Crippen molar-refractivity contribution in [1.82, 2.24) is 4.90 Å². The van der Waals surface area contributed by atoms with Gasteiger partial charge in [-0.3, -0.25) is 4.99 Å². The van der Waals surface area contributed by atoms with E-state index in [4.69, 9.17) is 9.47 Å². The number of nitrogens with zero attached hydrogens (tertiary/aromatic N) is 2. The van der Waals surface area contributed by atoms with Crippen molar-refractivity contribution in [3.63, 3.8) is 0 Å². The molecule has 150 valence electrons. The van der Waals surface area contributed by atoms with Crippen LogP contribution < -0.4 is 9.47 Å². The molecular weight excluding hydrogens is 378 g/mol. The summed E-state index contributed by atoms with van der Waals surface area (Å²) in [7, 11) is 0. The smallest absolute Gasteiger partial charge is 0.422 e. The lowest BCUT2D eigenvalue weighted by molar-refractivity contribution is -0.154. The van der Waals surface area contributed by atoms with Crippen LogP contribution in [0.1, 0.15) is 24.8 Å². The topological polar surface area (TPSA) is 34.1 Å². The zero-order valence-electron chi connectivity index (χ0n) is 14.2. The molecule has 1 atom stereocenters. The Morgan fingerprint density at radius 2 is 1.70 bits per heavy atom. The third-order valence-electron chi connectivity index (χ3n) is 4.34. The van der Waals surface area contributed by atoms with Crippen LogP contribution in [-0.4, -0.2) is 55.4 Å². The first-order valence-corrected chi connectivity index (χ1v) is 8.47. The van der Waals surface area contributed by atoms with Crippen molar-refractivity contribution in [1.29, 1.82) is 0 Å². The Hall–Kier alpha value is -2.13. The van der Waals surface area contributed by atoms with Crippen molar-refractivity contribution in [3.05, 3.63) is 23.8 Å². The monoisotopic (exact) mass is 396 g/mol. The Labute approximate surface area is 151 Å². The quantitative estimate of drug-likeness (QED) is 0.701. The molecule has 0 saturated carbocycles. The van der Waals surface area contributed by atoms with E-state index >= 15 is 0 Å². The number of hydrogen-bond donors (Lipinski definition) is 0. The van der Waals surface area contributed by atoms with Gasteiger partial charge in [-0.25, -0.2) is 0 Å². The van der Waals surface area contributed by atoms with Gasteiger partial charge in [0.25, 0.3) is 0 Å². The summed E-state index contributed by atoms with van der Waals surface area (Å²) >= 11 is 0. The zero-order valence-corrected chi connectivity index (χ0v) is 14.2. The first-order chi connectivity index (χ1) is 12.6. The van der Waals surface area contributed by atoms with Crippen LogP contribution in [0.3, 0.4) is 0 Å². The number of fused-ring (bicyclic) bond motifs is 1. The molecule has 27 heavy (non-hydrogen) atoms. The molecule has 2 aliphatic rings. The molecule has 2 aliphatic heterocycles. The standard InChI is InChI=1S/C17H18F6N2O2/c18-16(19,20)9-26-12-4-5-14(27-10-17(21,22)23)13(7-12)15-24-8-11-3-1-2-6-25(11)15/h4-5,7,11H,1-3,6,8-10H2/t11-/m1/s1. The number of piperidine rings is 1. The Kier molecular flexibility index (Phi) is 5.43. The number of amidine groups is 1. The number of ether oxygens (including phenoxy) is 2. The normalized spacial score (nSPS) is 20.3. The lowest BCUT2D eigenvalue weighted by Gasteiger charge is -2.32. The highest BCUT2D eigenvalue weighted by Gasteiger charge is 2.34. The van der Waals surface area contributed by atoms with Gasteiger partial charge in [-0.15, -0.1) is 0 Å². The Balaban J connectivity index is 1.87. The van der Waals surface area contributed by atoms with Crippen LogP contribution in [0.15, 0.2) is 23.2 Å². The summed E-state index contributed by atoms with van der Waals surface area (Å²) in [4.78, 5) is 6.39. The second-order valence-corrected chi connectivity index (χ2v) is 6.47. The predicted molar refractivity (Wildman–Crippen MR) is 85.3 cm³/mol. The Morgan fingerprint density at radius 3 is 2.41 bits per heavy atom. The number of alkyl halides is 6. The maximum absolute atomic E-state index is 12.5. The maximum atomic E-state index is 12.5. The molecular formula is C17H18F6N2O2. The van der Waals surface area contributed by atoms with Gasteiger partial charge in [0.1, 0.15) is 17.3 Å². The van der Waals surface area contributed by atoms with Gasteiger partial charge in [0.15, 0.2) is 13.2 Å². The second-order valence-electron chi connectivity index (χ2n) is 6.47. The van der Waals surface area contributed by atoms with Gasteiger partial charge in [-0.05, 0) is 37.5 Å². The number of halogens is 6. The van der Waals surface area contributed by atoms with E-state index in [1.54, 1.807) is 0 Å². The van der Waals surface area contributed by atoms with Crippen molar-refractivity contribution >= 4 is 5.84 Å². The summed E-state index contributed by atoms with van der Waals surface area (Å²) in [6.45, 7) is -1.80. The number of aliphatic imine (C=N–C) groups is 1. The molecule has 2 heterocycles. The molecule has 10 heteroatoms. The molecule has 0 radical (unpaired) electrons. The van der Waals surface area contributed by atoms with Gasteiger partial charge in [0.2, 0.25) is 0 Å². The molecule has 1 fully saturated rings. The molecule has 4 nitrogen and oxygen atoms in total. The number of benzene rings is 1. The zero-order chi connectivity index (χ0) is 19.7. The van der Waals surface area contributed by atoms with Gasteiger partial charge < -0.3 is 14.4 Å². The van der Waals surface area contributed by atoms with E-state index in [1.165, 1.54) is 12.1 Å². The van der Waals surface area contributed by atoms with Crippen LogP contribution in [0.5, 0.6) is 11.5 Å². The summed E-state index contributed by atoms with van der Waals surface area (Å²) in [6, 6.07) is 3.76. The minimum atomic E-state index is -4.53. The summed E-state index contributed by atoms with van der Waals surface area (Å²) < 4.78 is 84.4. The fourth-order valence-corrected chi connectivity index (χ4v) is 3.22. The molecule has 0 unspecified atom stereocenters. The van der Waals surface area contributed by atoms with E-state index in [0.29, 0.717) is 18.9 Å². The van der Waals surface area contributed by atoms with Crippen molar-refractivity contribution in [2.24, 2.45) is 4.99 Å². The van der Waals surface area contributed by atoms with E-state index in [0.717, 1.165) is 25.3 Å². The van der Waals surface area contributed by atoms with Gasteiger partial charge in [0, 0.05) is 6.54 Å². The number of rotatable bonds is 5. The van der Waals surface area contributed by atoms with Crippen molar-refractivity contribution < 1.29 is 35.8 Å². The largest absolute Gasteiger partial charge is 0.484 e. The molecule has 0 aromatic heterocycles. The van der Waals surface area contributed by atoms with Crippen molar-refractivity contribution in [2.45, 2.75) is 37.7 Å². The van der Waals surface area contributed by atoms with Crippen LogP contribution in [-0.2, 0) is 0 Å².